The lowest BCUT2D eigenvalue weighted by atomic mass is 9.98. The molecule has 2 aliphatic rings. The maximum Gasteiger partial charge on any atom is 0.365 e. The van der Waals surface area contributed by atoms with Crippen LogP contribution in [0, 0.1) is 0 Å². The topological polar surface area (TPSA) is 57.5 Å². The van der Waals surface area contributed by atoms with Gasteiger partial charge in [-0.25, -0.2) is 14.8 Å². The first kappa shape index (κ1) is 20.6. The highest BCUT2D eigenvalue weighted by Crippen LogP contribution is 2.54. The Bertz CT molecular complexity index is 1260. The van der Waals surface area contributed by atoms with Crippen LogP contribution in [0.5, 0.6) is 0 Å². The highest BCUT2D eigenvalue weighted by Gasteiger charge is 2.56. The molecule has 3 aromatic rings. The number of para-hydroxylation sites is 1. The van der Waals surface area contributed by atoms with Crippen molar-refractivity contribution in [1.82, 2.24) is 0 Å². The minimum Gasteiger partial charge on any atom is -0.464 e. The lowest BCUT2D eigenvalue weighted by Gasteiger charge is -2.46. The molecule has 32 heavy (non-hydrogen) atoms. The van der Waals surface area contributed by atoms with E-state index in [2.05, 4.69) is 0 Å². The maximum atomic E-state index is 12.6. The molecule has 0 aliphatic carbocycles. The molecule has 5 rings (SSSR count). The predicted octanol–water partition coefficient (Wildman–Crippen LogP) is 5.43. The first-order chi connectivity index (χ1) is 15.5. The molecule has 0 N–H and O–H groups in total. The van der Waals surface area contributed by atoms with Gasteiger partial charge in [0.15, 0.2) is 0 Å². The summed E-state index contributed by atoms with van der Waals surface area (Å²) in [6.07, 6.45) is 0. The van der Waals surface area contributed by atoms with E-state index in [1.54, 1.807) is 11.1 Å². The van der Waals surface area contributed by atoms with Crippen molar-refractivity contribution >= 4 is 51.5 Å². The number of nitrogens with zero attached hydrogens (tertiary/aromatic N) is 4. The maximum absolute atomic E-state index is 12.6. The fraction of sp³-hybridized carbons (Fsp3) is 0.125. The van der Waals surface area contributed by atoms with Crippen LogP contribution in [-0.2, 0) is 14.5 Å². The Hall–Kier alpha value is -3.29. The molecule has 0 saturated carbocycles. The van der Waals surface area contributed by atoms with Crippen LogP contribution in [0.4, 0.5) is 11.4 Å². The first-order valence-electron chi connectivity index (χ1n) is 9.96. The molecule has 160 valence electrons. The minimum absolute atomic E-state index is 0.234. The fourth-order valence-electron chi connectivity index (χ4n) is 3.94. The molecular formula is C24H19ClN4O2S. The van der Waals surface area contributed by atoms with Crippen molar-refractivity contribution in [3.05, 3.63) is 95.0 Å². The Labute approximate surface area is 195 Å². The number of fused-ring (bicyclic) bond motifs is 2. The van der Waals surface area contributed by atoms with Gasteiger partial charge in [0.25, 0.3) is 0 Å². The van der Waals surface area contributed by atoms with Crippen molar-refractivity contribution in [3.63, 3.8) is 0 Å². The predicted molar refractivity (Wildman–Crippen MR) is 130 cm³/mol. The Kier molecular flexibility index (Phi) is 5.15. The van der Waals surface area contributed by atoms with E-state index in [0.29, 0.717) is 5.02 Å². The van der Waals surface area contributed by atoms with E-state index in [4.69, 9.17) is 26.5 Å². The van der Waals surface area contributed by atoms with Crippen LogP contribution in [0.2, 0.25) is 5.02 Å². The molecule has 6 nitrogen and oxygen atoms in total. The Morgan fingerprint density at radius 1 is 0.938 bits per heavy atom. The monoisotopic (exact) mass is 462 g/mol. The van der Waals surface area contributed by atoms with Gasteiger partial charge in [-0.3, -0.25) is 0 Å². The van der Waals surface area contributed by atoms with Crippen LogP contribution < -0.4 is 10.0 Å². The number of hydrogen-bond donors (Lipinski definition) is 0. The van der Waals surface area contributed by atoms with Crippen molar-refractivity contribution in [1.29, 1.82) is 0 Å². The van der Waals surface area contributed by atoms with Gasteiger partial charge >= 0.3 is 5.97 Å². The quantitative estimate of drug-likeness (QED) is 0.485. The van der Waals surface area contributed by atoms with Gasteiger partial charge in [0.05, 0.1) is 24.2 Å². The highest BCUT2D eigenvalue weighted by molar-refractivity contribution is 8.16. The molecule has 1 spiro atoms. The number of ether oxygens (including phenoxy) is 1. The molecule has 3 aromatic carbocycles. The third kappa shape index (κ3) is 3.16. The van der Waals surface area contributed by atoms with Gasteiger partial charge in [0.1, 0.15) is 0 Å². The summed E-state index contributed by atoms with van der Waals surface area (Å²) in [5, 5.41) is 14.2. The number of halogens is 1. The number of benzene rings is 3. The third-order valence-corrected chi connectivity index (χ3v) is 6.86. The second kappa shape index (κ2) is 8.00. The lowest BCUT2D eigenvalue weighted by Crippen LogP contribution is -2.53. The molecule has 0 radical (unpaired) electrons. The number of carbonyl (C=O) groups is 1. The van der Waals surface area contributed by atoms with Gasteiger partial charge in [0, 0.05) is 16.1 Å². The van der Waals surface area contributed by atoms with E-state index < -0.39 is 11.0 Å². The standard InChI is InChI=1S/C24H19ClN4O2S/c1-16-20-13-6-7-14-21(20)24(28(26-16)18-10-4-3-5-11-18)29(19-12-8-9-17(25)15-19)27-22(32-24)23(30)31-2/h3-15H,1-2H3/t24-/m1/s1. The number of hydrogen-bond acceptors (Lipinski definition) is 7. The summed E-state index contributed by atoms with van der Waals surface area (Å²) in [6, 6.07) is 25.3. The summed E-state index contributed by atoms with van der Waals surface area (Å²) in [4.78, 5) is 11.6. The first-order valence-corrected chi connectivity index (χ1v) is 11.2. The average molecular weight is 463 g/mol. The Morgan fingerprint density at radius 2 is 1.62 bits per heavy atom. The van der Waals surface area contributed by atoms with E-state index >= 15 is 0 Å². The van der Waals surface area contributed by atoms with Crippen LogP contribution in [0.25, 0.3) is 0 Å². The van der Waals surface area contributed by atoms with Crippen LogP contribution >= 0.6 is 23.4 Å². The van der Waals surface area contributed by atoms with Gasteiger partial charge < -0.3 is 4.74 Å². The average Bonchev–Trinajstić information content (AvgIpc) is 3.23. The van der Waals surface area contributed by atoms with Crippen molar-refractivity contribution in [2.75, 3.05) is 17.1 Å². The van der Waals surface area contributed by atoms with Crippen molar-refractivity contribution in [2.24, 2.45) is 10.2 Å². The van der Waals surface area contributed by atoms with Gasteiger partial charge in [-0.2, -0.15) is 10.2 Å². The third-order valence-electron chi connectivity index (χ3n) is 5.34. The summed E-state index contributed by atoms with van der Waals surface area (Å²) >= 11 is 7.64. The second-order valence-corrected chi connectivity index (χ2v) is 8.87. The Balaban J connectivity index is 1.81. The summed E-state index contributed by atoms with van der Waals surface area (Å²) in [5.74, 6) is -0.504. The smallest absolute Gasteiger partial charge is 0.365 e. The van der Waals surface area contributed by atoms with Crippen molar-refractivity contribution in [2.45, 2.75) is 11.9 Å². The molecule has 8 heteroatoms. The molecule has 1 atom stereocenters. The van der Waals surface area contributed by atoms with Crippen LogP contribution in [0.3, 0.4) is 0 Å². The molecule has 0 aromatic heterocycles. The van der Waals surface area contributed by atoms with E-state index in [-0.39, 0.29) is 5.04 Å². The summed E-state index contributed by atoms with van der Waals surface area (Å²) < 4.78 is 5.03. The van der Waals surface area contributed by atoms with Crippen LogP contribution in [-0.4, -0.2) is 23.8 Å². The highest BCUT2D eigenvalue weighted by atomic mass is 35.5. The zero-order chi connectivity index (χ0) is 22.3. The normalized spacial score (nSPS) is 19.5. The number of rotatable bonds is 3. The lowest BCUT2D eigenvalue weighted by molar-refractivity contribution is -0.132. The van der Waals surface area contributed by atoms with E-state index in [0.717, 1.165) is 28.2 Å². The number of methoxy groups -OCH3 is 1. The van der Waals surface area contributed by atoms with Gasteiger partial charge in [0.2, 0.25) is 10.0 Å². The van der Waals surface area contributed by atoms with E-state index in [9.17, 15) is 4.79 Å². The molecule has 0 saturated heterocycles. The number of carbonyl (C=O) groups excluding carboxylic acids is 1. The van der Waals surface area contributed by atoms with Gasteiger partial charge in [-0.15, -0.1) is 0 Å². The molecular weight excluding hydrogens is 444 g/mol. The zero-order valence-electron chi connectivity index (χ0n) is 17.4. The number of esters is 1. The summed E-state index contributed by atoms with van der Waals surface area (Å²) in [5.41, 5.74) is 4.41. The van der Waals surface area contributed by atoms with Crippen LogP contribution in [0.1, 0.15) is 18.1 Å². The molecule has 0 fully saturated rings. The van der Waals surface area contributed by atoms with Gasteiger partial charge in [-0.1, -0.05) is 60.1 Å². The molecule has 0 amide bonds. The molecule has 0 unspecified atom stereocenters. The molecule has 2 aliphatic heterocycles. The fourth-order valence-corrected chi connectivity index (χ4v) is 5.44. The summed E-state index contributed by atoms with van der Waals surface area (Å²) in [6.45, 7) is 1.98. The second-order valence-electron chi connectivity index (χ2n) is 7.28. The summed E-state index contributed by atoms with van der Waals surface area (Å²) in [7, 11) is 1.35. The molecule has 2 heterocycles. The van der Waals surface area contributed by atoms with Crippen molar-refractivity contribution < 1.29 is 9.53 Å². The number of thioether (sulfide) groups is 1. The van der Waals surface area contributed by atoms with Gasteiger partial charge in [-0.05, 0) is 49.0 Å². The number of anilines is 2. The largest absolute Gasteiger partial charge is 0.464 e. The minimum atomic E-state index is -0.994. The van der Waals surface area contributed by atoms with Crippen molar-refractivity contribution in [3.8, 4) is 0 Å². The van der Waals surface area contributed by atoms with Crippen LogP contribution in [0.15, 0.2) is 89.1 Å². The zero-order valence-corrected chi connectivity index (χ0v) is 19.0. The van der Waals surface area contributed by atoms with E-state index in [1.165, 1.54) is 18.9 Å². The number of hydrazone groups is 2. The SMILES string of the molecule is COC(=O)C1=NN(c2cccc(Cl)c2)[C@@]2(S1)c1ccccc1C(C)=NN2c1ccccc1. The van der Waals surface area contributed by atoms with E-state index in [1.807, 2.05) is 84.7 Å². The Morgan fingerprint density at radius 3 is 2.38 bits per heavy atom. The molecule has 0 bridgehead atoms.